The van der Waals surface area contributed by atoms with Crippen molar-refractivity contribution >= 4 is 19.1 Å². The molecule has 3 atom stereocenters. The maximum Gasteiger partial charge on any atom is 0.475 e. The highest BCUT2D eigenvalue weighted by atomic mass is 16.4. The predicted molar refractivity (Wildman–Crippen MR) is 95.6 cm³/mol. The molecule has 3 unspecified atom stereocenters. The summed E-state index contributed by atoms with van der Waals surface area (Å²) in [7, 11) is -1.70. The van der Waals surface area contributed by atoms with Crippen LogP contribution in [0.1, 0.15) is 18.9 Å². The van der Waals surface area contributed by atoms with E-state index in [0.717, 1.165) is 5.56 Å². The maximum absolute atomic E-state index is 12.2. The average molecular weight is 358 g/mol. The monoisotopic (exact) mass is 358 g/mol. The standard InChI is InChI=1S/C17H23BN4O4/c1-12(10-19)16(23)22-8-7-14(11-22)20-17(24)21-15(18(25)26)9-13-5-3-2-4-6-13/h2-6,12,14-15,25-26H,7-9,11H2,1H3,(H2,20,21,24). The highest BCUT2D eigenvalue weighted by Crippen LogP contribution is 2.13. The molecule has 0 aliphatic carbocycles. The van der Waals surface area contributed by atoms with Crippen molar-refractivity contribution in [1.82, 2.24) is 15.5 Å². The Balaban J connectivity index is 1.85. The Morgan fingerprint density at radius 1 is 1.38 bits per heavy atom. The second kappa shape index (κ2) is 9.22. The van der Waals surface area contributed by atoms with Crippen LogP contribution in [-0.4, -0.2) is 59.1 Å². The molecule has 8 nitrogen and oxygen atoms in total. The van der Waals surface area contributed by atoms with Crippen LogP contribution in [0.5, 0.6) is 0 Å². The van der Waals surface area contributed by atoms with Gasteiger partial charge in [0.2, 0.25) is 5.91 Å². The van der Waals surface area contributed by atoms with Crippen molar-refractivity contribution in [3.05, 3.63) is 35.9 Å². The van der Waals surface area contributed by atoms with Crippen LogP contribution in [0.25, 0.3) is 0 Å². The third-order valence-electron chi connectivity index (χ3n) is 4.37. The van der Waals surface area contributed by atoms with Crippen molar-refractivity contribution in [3.8, 4) is 6.07 Å². The molecule has 1 aromatic rings. The van der Waals surface area contributed by atoms with Crippen molar-refractivity contribution in [2.75, 3.05) is 13.1 Å². The van der Waals surface area contributed by atoms with Gasteiger partial charge >= 0.3 is 13.1 Å². The van der Waals surface area contributed by atoms with Crippen molar-refractivity contribution < 1.29 is 19.6 Å². The first-order valence-corrected chi connectivity index (χ1v) is 8.56. The number of amides is 3. The predicted octanol–water partition coefficient (Wildman–Crippen LogP) is -0.331. The summed E-state index contributed by atoms with van der Waals surface area (Å²) in [6.07, 6.45) is 0.864. The Kier molecular flexibility index (Phi) is 7.01. The lowest BCUT2D eigenvalue weighted by atomic mass is 9.76. The van der Waals surface area contributed by atoms with E-state index in [9.17, 15) is 19.6 Å². The number of urea groups is 1. The molecule has 1 fully saturated rings. The van der Waals surface area contributed by atoms with Gasteiger partial charge in [-0.25, -0.2) is 4.79 Å². The lowest BCUT2D eigenvalue weighted by molar-refractivity contribution is -0.132. The van der Waals surface area contributed by atoms with Gasteiger partial charge in [0.1, 0.15) is 5.92 Å². The quantitative estimate of drug-likeness (QED) is 0.518. The fourth-order valence-corrected chi connectivity index (χ4v) is 2.90. The summed E-state index contributed by atoms with van der Waals surface area (Å²) < 4.78 is 0. The number of hydrogen-bond donors (Lipinski definition) is 4. The van der Waals surface area contributed by atoms with Crippen molar-refractivity contribution in [2.45, 2.75) is 31.7 Å². The minimum Gasteiger partial charge on any atom is -0.426 e. The van der Waals surface area contributed by atoms with Gasteiger partial charge in [0.15, 0.2) is 0 Å². The molecule has 1 saturated heterocycles. The molecule has 1 aliphatic heterocycles. The first-order valence-electron chi connectivity index (χ1n) is 8.56. The van der Waals surface area contributed by atoms with Crippen LogP contribution in [0, 0.1) is 17.2 Å². The lowest BCUT2D eigenvalue weighted by Gasteiger charge is -2.21. The van der Waals surface area contributed by atoms with E-state index in [0.29, 0.717) is 19.5 Å². The molecular weight excluding hydrogens is 335 g/mol. The molecule has 0 saturated carbocycles. The molecule has 0 spiro atoms. The molecule has 0 aromatic heterocycles. The number of nitriles is 1. The van der Waals surface area contributed by atoms with Gasteiger partial charge in [0.05, 0.1) is 12.0 Å². The van der Waals surface area contributed by atoms with E-state index in [1.165, 1.54) is 0 Å². The Morgan fingerprint density at radius 3 is 2.69 bits per heavy atom. The highest BCUT2D eigenvalue weighted by molar-refractivity contribution is 6.43. The molecule has 3 amide bonds. The number of nitrogens with zero attached hydrogens (tertiary/aromatic N) is 2. The second-order valence-corrected chi connectivity index (χ2v) is 6.45. The molecule has 1 aliphatic rings. The number of hydrogen-bond acceptors (Lipinski definition) is 5. The Labute approximate surface area is 152 Å². The van der Waals surface area contributed by atoms with Crippen molar-refractivity contribution in [2.24, 2.45) is 5.92 Å². The number of rotatable bonds is 6. The number of nitrogens with one attached hydrogen (secondary N) is 2. The number of carbonyl (C=O) groups is 2. The van der Waals surface area contributed by atoms with Crippen molar-refractivity contribution in [3.63, 3.8) is 0 Å². The summed E-state index contributed by atoms with van der Waals surface area (Å²) in [5.74, 6) is -1.80. The van der Waals surface area contributed by atoms with E-state index in [2.05, 4.69) is 10.6 Å². The maximum atomic E-state index is 12.2. The number of benzene rings is 1. The smallest absolute Gasteiger partial charge is 0.426 e. The molecule has 1 heterocycles. The second-order valence-electron chi connectivity index (χ2n) is 6.45. The van der Waals surface area contributed by atoms with Gasteiger partial charge in [-0.3, -0.25) is 4.79 Å². The molecule has 2 rings (SSSR count). The fourth-order valence-electron chi connectivity index (χ4n) is 2.90. The van der Waals surface area contributed by atoms with Crippen LogP contribution in [0.3, 0.4) is 0 Å². The summed E-state index contributed by atoms with van der Waals surface area (Å²) in [6.45, 7) is 2.36. The van der Waals surface area contributed by atoms with Gasteiger partial charge in [-0.05, 0) is 25.3 Å². The van der Waals surface area contributed by atoms with E-state index in [1.54, 1.807) is 11.8 Å². The summed E-state index contributed by atoms with van der Waals surface area (Å²) in [4.78, 5) is 25.7. The lowest BCUT2D eigenvalue weighted by Crippen LogP contribution is -2.53. The van der Waals surface area contributed by atoms with Crippen LogP contribution in [-0.2, 0) is 11.2 Å². The molecule has 138 valence electrons. The Bertz CT molecular complexity index is 664. The van der Waals surface area contributed by atoms with Crippen LogP contribution in [0.4, 0.5) is 4.79 Å². The third-order valence-corrected chi connectivity index (χ3v) is 4.37. The zero-order chi connectivity index (χ0) is 19.1. The van der Waals surface area contributed by atoms with E-state index in [1.807, 2.05) is 36.4 Å². The van der Waals surface area contributed by atoms with Gasteiger partial charge in [0.25, 0.3) is 0 Å². The van der Waals surface area contributed by atoms with Gasteiger partial charge in [-0.2, -0.15) is 5.26 Å². The van der Waals surface area contributed by atoms with Crippen molar-refractivity contribution in [1.29, 1.82) is 5.26 Å². The molecule has 1 aromatic carbocycles. The molecular formula is C17H23BN4O4. The van der Waals surface area contributed by atoms with Gasteiger partial charge < -0.3 is 25.6 Å². The Morgan fingerprint density at radius 2 is 2.08 bits per heavy atom. The minimum atomic E-state index is -1.70. The largest absolute Gasteiger partial charge is 0.475 e. The average Bonchev–Trinajstić information content (AvgIpc) is 3.08. The normalized spacial score (nSPS) is 18.5. The fraction of sp³-hybridized carbons (Fsp3) is 0.471. The van der Waals surface area contributed by atoms with Crippen LogP contribution in [0.2, 0.25) is 0 Å². The van der Waals surface area contributed by atoms with E-state index >= 15 is 0 Å². The first kappa shape index (κ1) is 19.8. The number of likely N-dealkylation sites (tertiary alicyclic amines) is 1. The summed E-state index contributed by atoms with van der Waals surface area (Å²) >= 11 is 0. The molecule has 4 N–H and O–H groups in total. The molecule has 0 radical (unpaired) electrons. The molecule has 9 heteroatoms. The molecule has 26 heavy (non-hydrogen) atoms. The van der Waals surface area contributed by atoms with Crippen LogP contribution in [0.15, 0.2) is 30.3 Å². The van der Waals surface area contributed by atoms with E-state index in [-0.39, 0.29) is 18.4 Å². The molecule has 0 bridgehead atoms. The third kappa shape index (κ3) is 5.47. The van der Waals surface area contributed by atoms with E-state index < -0.39 is 25.0 Å². The SMILES string of the molecule is CC(C#N)C(=O)N1CCC(NC(=O)NC(Cc2ccccc2)B(O)O)C1. The van der Waals surface area contributed by atoms with E-state index in [4.69, 9.17) is 5.26 Å². The highest BCUT2D eigenvalue weighted by Gasteiger charge is 2.31. The number of carbonyl (C=O) groups excluding carboxylic acids is 2. The van der Waals surface area contributed by atoms with Crippen LogP contribution >= 0.6 is 0 Å². The topological polar surface area (TPSA) is 126 Å². The van der Waals surface area contributed by atoms with Gasteiger partial charge in [-0.1, -0.05) is 30.3 Å². The van der Waals surface area contributed by atoms with Gasteiger partial charge in [-0.15, -0.1) is 0 Å². The first-order chi connectivity index (χ1) is 12.4. The Hall–Kier alpha value is -2.57. The summed E-state index contributed by atoms with van der Waals surface area (Å²) in [5.41, 5.74) is 0.869. The zero-order valence-electron chi connectivity index (χ0n) is 14.6. The minimum absolute atomic E-state index is 0.238. The zero-order valence-corrected chi connectivity index (χ0v) is 14.6. The summed E-state index contributed by atoms with van der Waals surface area (Å²) in [5, 5.41) is 33.2. The summed E-state index contributed by atoms with van der Waals surface area (Å²) in [6, 6.07) is 10.4. The van der Waals surface area contributed by atoms with Crippen LogP contribution < -0.4 is 10.6 Å². The van der Waals surface area contributed by atoms with Gasteiger partial charge in [0, 0.05) is 19.1 Å².